The lowest BCUT2D eigenvalue weighted by atomic mass is 10.3. The van der Waals surface area contributed by atoms with Gasteiger partial charge in [-0.05, 0) is 32.0 Å². The summed E-state index contributed by atoms with van der Waals surface area (Å²) in [6.45, 7) is 3.40. The van der Waals surface area contributed by atoms with E-state index in [-0.39, 0.29) is 11.0 Å². The maximum Gasteiger partial charge on any atom is 0.153 e. The van der Waals surface area contributed by atoms with E-state index in [4.69, 9.17) is 5.73 Å². The molecule has 0 aliphatic carbocycles. The summed E-state index contributed by atoms with van der Waals surface area (Å²) in [7, 11) is -2.96. The molecule has 3 nitrogen and oxygen atoms in total. The molecule has 0 saturated carbocycles. The van der Waals surface area contributed by atoms with Crippen LogP contribution in [0, 0.1) is 0 Å². The van der Waals surface area contributed by atoms with E-state index in [1.807, 2.05) is 18.2 Å². The molecule has 0 radical (unpaired) electrons. The van der Waals surface area contributed by atoms with Crippen LogP contribution in [0.25, 0.3) is 0 Å². The largest absolute Gasteiger partial charge is 0.398 e. The minimum Gasteiger partial charge on any atom is -0.398 e. The van der Waals surface area contributed by atoms with Crippen LogP contribution >= 0.6 is 27.7 Å². The van der Waals surface area contributed by atoms with Gasteiger partial charge in [-0.2, -0.15) is 0 Å². The standard InChI is InChI=1S/C11H16BrNO2S2/c1-8(2)17(14,15)6-5-16-11-4-3-9(12)7-10(11)13/h3-4,7-8H,5-6,13H2,1-2H3. The Balaban J connectivity index is 2.58. The van der Waals surface area contributed by atoms with E-state index in [9.17, 15) is 8.42 Å². The molecule has 17 heavy (non-hydrogen) atoms. The molecule has 1 aromatic carbocycles. The van der Waals surface area contributed by atoms with Gasteiger partial charge in [0.25, 0.3) is 0 Å². The van der Waals surface area contributed by atoms with Crippen molar-refractivity contribution in [2.24, 2.45) is 0 Å². The second-order valence-corrected chi connectivity index (χ2v) is 8.68. The third-order valence-corrected chi connectivity index (χ3v) is 6.37. The molecule has 0 unspecified atom stereocenters. The van der Waals surface area contributed by atoms with Crippen molar-refractivity contribution in [3.8, 4) is 0 Å². The van der Waals surface area contributed by atoms with Crippen LogP contribution < -0.4 is 5.73 Å². The molecule has 0 aliphatic heterocycles. The molecular weight excluding hydrogens is 322 g/mol. The second-order valence-electron chi connectivity index (χ2n) is 3.95. The van der Waals surface area contributed by atoms with Crippen molar-refractivity contribution in [2.45, 2.75) is 24.0 Å². The number of halogens is 1. The first-order valence-corrected chi connectivity index (χ1v) is 8.71. The highest BCUT2D eigenvalue weighted by molar-refractivity contribution is 9.10. The number of hydrogen-bond acceptors (Lipinski definition) is 4. The fourth-order valence-electron chi connectivity index (χ4n) is 1.15. The molecule has 0 fully saturated rings. The summed E-state index contributed by atoms with van der Waals surface area (Å²) in [6, 6.07) is 5.61. The number of thioether (sulfide) groups is 1. The van der Waals surface area contributed by atoms with Crippen LogP contribution in [0.4, 0.5) is 5.69 Å². The molecule has 0 spiro atoms. The summed E-state index contributed by atoms with van der Waals surface area (Å²) in [4.78, 5) is 0.923. The van der Waals surface area contributed by atoms with Crippen molar-refractivity contribution in [2.75, 3.05) is 17.2 Å². The first-order valence-electron chi connectivity index (χ1n) is 5.22. The highest BCUT2D eigenvalue weighted by atomic mass is 79.9. The van der Waals surface area contributed by atoms with Crippen molar-refractivity contribution in [3.63, 3.8) is 0 Å². The van der Waals surface area contributed by atoms with Crippen molar-refractivity contribution < 1.29 is 8.42 Å². The molecule has 0 aromatic heterocycles. The number of benzene rings is 1. The molecule has 0 saturated heterocycles. The van der Waals surface area contributed by atoms with Crippen molar-refractivity contribution in [3.05, 3.63) is 22.7 Å². The molecule has 1 aromatic rings. The molecule has 0 aliphatic rings. The number of nitrogens with two attached hydrogens (primary N) is 1. The normalized spacial score (nSPS) is 12.0. The van der Waals surface area contributed by atoms with Gasteiger partial charge in [0, 0.05) is 20.8 Å². The average Bonchev–Trinajstić information content (AvgIpc) is 2.21. The molecule has 2 N–H and O–H groups in total. The monoisotopic (exact) mass is 337 g/mol. The predicted molar refractivity (Wildman–Crippen MR) is 78.2 cm³/mol. The lowest BCUT2D eigenvalue weighted by Gasteiger charge is -2.08. The molecular formula is C11H16BrNO2S2. The zero-order valence-electron chi connectivity index (χ0n) is 9.81. The van der Waals surface area contributed by atoms with Crippen molar-refractivity contribution in [1.82, 2.24) is 0 Å². The lowest BCUT2D eigenvalue weighted by molar-refractivity contribution is 0.589. The summed E-state index contributed by atoms with van der Waals surface area (Å²) in [5.41, 5.74) is 6.50. The van der Waals surface area contributed by atoms with Gasteiger partial charge in [-0.3, -0.25) is 0 Å². The topological polar surface area (TPSA) is 60.2 Å². The Morgan fingerprint density at radius 2 is 2.06 bits per heavy atom. The maximum atomic E-state index is 11.6. The van der Waals surface area contributed by atoms with Gasteiger partial charge in [-0.15, -0.1) is 11.8 Å². The Bertz CT molecular complexity index is 486. The lowest BCUT2D eigenvalue weighted by Crippen LogP contribution is -2.18. The van der Waals surface area contributed by atoms with Gasteiger partial charge in [0.05, 0.1) is 11.0 Å². The minimum atomic E-state index is -2.96. The number of anilines is 1. The fraction of sp³-hybridized carbons (Fsp3) is 0.455. The molecule has 0 bridgehead atoms. The second kappa shape index (κ2) is 6.11. The fourth-order valence-corrected chi connectivity index (χ4v) is 3.88. The first kappa shape index (κ1) is 14.9. The highest BCUT2D eigenvalue weighted by Gasteiger charge is 2.15. The van der Waals surface area contributed by atoms with Crippen molar-refractivity contribution in [1.29, 1.82) is 0 Å². The van der Waals surface area contributed by atoms with E-state index in [1.54, 1.807) is 13.8 Å². The molecule has 1 rings (SSSR count). The Morgan fingerprint density at radius 3 is 2.59 bits per heavy atom. The van der Waals surface area contributed by atoms with E-state index in [0.717, 1.165) is 9.37 Å². The van der Waals surface area contributed by atoms with E-state index in [2.05, 4.69) is 15.9 Å². The summed E-state index contributed by atoms with van der Waals surface area (Å²) in [6.07, 6.45) is 0. The minimum absolute atomic E-state index is 0.185. The summed E-state index contributed by atoms with van der Waals surface area (Å²) < 4.78 is 24.1. The quantitative estimate of drug-likeness (QED) is 0.662. The van der Waals surface area contributed by atoms with Gasteiger partial charge in [-0.25, -0.2) is 8.42 Å². The average molecular weight is 338 g/mol. The van der Waals surface area contributed by atoms with Gasteiger partial charge >= 0.3 is 0 Å². The van der Waals surface area contributed by atoms with Gasteiger partial charge in [-0.1, -0.05) is 15.9 Å². The molecule has 0 amide bonds. The van der Waals surface area contributed by atoms with Crippen LogP contribution in [0.2, 0.25) is 0 Å². The third-order valence-electron chi connectivity index (χ3n) is 2.32. The first-order chi connectivity index (χ1) is 7.83. The van der Waals surface area contributed by atoms with Gasteiger partial charge < -0.3 is 5.73 Å². The smallest absolute Gasteiger partial charge is 0.153 e. The molecule has 6 heteroatoms. The van der Waals surface area contributed by atoms with E-state index in [1.165, 1.54) is 11.8 Å². The van der Waals surface area contributed by atoms with E-state index in [0.29, 0.717) is 11.4 Å². The van der Waals surface area contributed by atoms with E-state index >= 15 is 0 Å². The highest BCUT2D eigenvalue weighted by Crippen LogP contribution is 2.28. The van der Waals surface area contributed by atoms with Gasteiger partial charge in [0.15, 0.2) is 9.84 Å². The Labute approximate surface area is 115 Å². The summed E-state index contributed by atoms with van der Waals surface area (Å²) >= 11 is 4.81. The Kier molecular flexibility index (Phi) is 5.34. The number of sulfone groups is 1. The molecule has 96 valence electrons. The number of rotatable bonds is 5. The Morgan fingerprint density at radius 1 is 1.41 bits per heavy atom. The summed E-state index contributed by atoms with van der Waals surface area (Å²) in [5.74, 6) is 0.719. The SMILES string of the molecule is CC(C)S(=O)(=O)CCSc1ccc(Br)cc1N. The van der Waals surface area contributed by atoms with Gasteiger partial charge in [0.2, 0.25) is 0 Å². The zero-order valence-corrected chi connectivity index (χ0v) is 13.0. The van der Waals surface area contributed by atoms with Crippen molar-refractivity contribution >= 4 is 43.2 Å². The van der Waals surface area contributed by atoms with Crippen LogP contribution in [0.5, 0.6) is 0 Å². The van der Waals surface area contributed by atoms with Gasteiger partial charge in [0.1, 0.15) is 0 Å². The number of hydrogen-bond donors (Lipinski definition) is 1. The molecule has 0 heterocycles. The predicted octanol–water partition coefficient (Wildman–Crippen LogP) is 2.95. The molecule has 0 atom stereocenters. The third kappa shape index (κ3) is 4.52. The van der Waals surface area contributed by atoms with Crippen LogP contribution in [-0.4, -0.2) is 25.2 Å². The van der Waals surface area contributed by atoms with Crippen LogP contribution in [-0.2, 0) is 9.84 Å². The summed E-state index contributed by atoms with van der Waals surface area (Å²) in [5, 5.41) is -0.314. The van der Waals surface area contributed by atoms with Crippen LogP contribution in [0.15, 0.2) is 27.6 Å². The van der Waals surface area contributed by atoms with E-state index < -0.39 is 9.84 Å². The van der Waals surface area contributed by atoms with Crippen LogP contribution in [0.1, 0.15) is 13.8 Å². The van der Waals surface area contributed by atoms with Crippen LogP contribution in [0.3, 0.4) is 0 Å². The number of nitrogen functional groups attached to an aromatic ring is 1. The maximum absolute atomic E-state index is 11.6. The zero-order chi connectivity index (χ0) is 13.1. The Hall–Kier alpha value is -0.200.